The van der Waals surface area contributed by atoms with Gasteiger partial charge in [0.2, 0.25) is 5.91 Å². The first-order chi connectivity index (χ1) is 11.0. The molecule has 2 aromatic heterocycles. The number of pyridine rings is 1. The van der Waals surface area contributed by atoms with Crippen molar-refractivity contribution in [1.82, 2.24) is 14.8 Å². The molecular formula is C16H20ClN5O. The van der Waals surface area contributed by atoms with Gasteiger partial charge in [-0.2, -0.15) is 5.10 Å². The molecule has 2 N–H and O–H groups in total. The summed E-state index contributed by atoms with van der Waals surface area (Å²) >= 11 is 6.45. The van der Waals surface area contributed by atoms with E-state index in [1.54, 1.807) is 6.20 Å². The van der Waals surface area contributed by atoms with Crippen molar-refractivity contribution in [2.45, 2.75) is 19.8 Å². The van der Waals surface area contributed by atoms with Crippen LogP contribution in [0.15, 0.2) is 18.6 Å². The summed E-state index contributed by atoms with van der Waals surface area (Å²) in [5.41, 5.74) is 9.43. The molecule has 0 aromatic carbocycles. The minimum absolute atomic E-state index is 0.0459. The minimum atomic E-state index is -0.214. The van der Waals surface area contributed by atoms with Crippen molar-refractivity contribution in [2.75, 3.05) is 18.0 Å². The normalized spacial score (nSPS) is 15.9. The van der Waals surface area contributed by atoms with E-state index in [4.69, 9.17) is 17.3 Å². The molecule has 0 atom stereocenters. The molecule has 1 amide bonds. The fraction of sp³-hybridized carbons (Fsp3) is 0.438. The molecule has 1 aliphatic heterocycles. The monoisotopic (exact) mass is 333 g/mol. The molecule has 0 radical (unpaired) electrons. The molecular weight excluding hydrogens is 314 g/mol. The lowest BCUT2D eigenvalue weighted by molar-refractivity contribution is -0.122. The summed E-state index contributed by atoms with van der Waals surface area (Å²) in [6.45, 7) is 3.53. The first kappa shape index (κ1) is 15.8. The molecule has 122 valence electrons. The molecule has 1 aliphatic rings. The van der Waals surface area contributed by atoms with Crippen LogP contribution in [0.1, 0.15) is 18.5 Å². The lowest BCUT2D eigenvalue weighted by atomic mass is 9.95. The average Bonchev–Trinajstić information content (AvgIpc) is 2.87. The van der Waals surface area contributed by atoms with Gasteiger partial charge < -0.3 is 10.6 Å². The van der Waals surface area contributed by atoms with E-state index in [2.05, 4.69) is 15.0 Å². The molecule has 23 heavy (non-hydrogen) atoms. The molecule has 0 spiro atoms. The summed E-state index contributed by atoms with van der Waals surface area (Å²) in [5.74, 6) is -0.260. The zero-order chi connectivity index (χ0) is 16.6. The molecule has 0 aliphatic carbocycles. The first-order valence-electron chi connectivity index (χ1n) is 7.65. The molecule has 1 fully saturated rings. The van der Waals surface area contributed by atoms with Gasteiger partial charge in [-0.25, -0.2) is 0 Å². The predicted octanol–water partition coefficient (Wildman–Crippen LogP) is 2.15. The molecule has 1 saturated heterocycles. The minimum Gasteiger partial charge on any atom is -0.370 e. The Kier molecular flexibility index (Phi) is 4.26. The topological polar surface area (TPSA) is 77.0 Å². The number of anilines is 1. The maximum atomic E-state index is 11.4. The van der Waals surface area contributed by atoms with Crippen molar-refractivity contribution in [3.05, 3.63) is 29.3 Å². The predicted molar refractivity (Wildman–Crippen MR) is 90.3 cm³/mol. The van der Waals surface area contributed by atoms with Gasteiger partial charge in [-0.15, -0.1) is 0 Å². The molecule has 2 aromatic rings. The second kappa shape index (κ2) is 6.20. The van der Waals surface area contributed by atoms with Crippen molar-refractivity contribution >= 4 is 23.2 Å². The number of carbonyl (C=O) groups excluding carboxylic acids is 1. The van der Waals surface area contributed by atoms with Gasteiger partial charge in [-0.1, -0.05) is 11.6 Å². The number of carbonyl (C=O) groups is 1. The van der Waals surface area contributed by atoms with Crippen molar-refractivity contribution in [3.63, 3.8) is 0 Å². The molecule has 7 heteroatoms. The van der Waals surface area contributed by atoms with E-state index in [1.165, 1.54) is 0 Å². The number of piperidine rings is 1. The number of halogens is 1. The molecule has 6 nitrogen and oxygen atoms in total. The number of aromatic nitrogens is 3. The van der Waals surface area contributed by atoms with Crippen LogP contribution in [-0.2, 0) is 11.8 Å². The maximum absolute atomic E-state index is 11.4. The van der Waals surface area contributed by atoms with Crippen LogP contribution in [0.2, 0.25) is 5.02 Å². The van der Waals surface area contributed by atoms with Crippen LogP contribution in [0.3, 0.4) is 0 Å². The van der Waals surface area contributed by atoms with E-state index >= 15 is 0 Å². The van der Waals surface area contributed by atoms with Gasteiger partial charge in [-0.3, -0.25) is 14.5 Å². The third-order valence-electron chi connectivity index (χ3n) is 4.61. The van der Waals surface area contributed by atoms with E-state index in [0.717, 1.165) is 48.4 Å². The summed E-state index contributed by atoms with van der Waals surface area (Å²) in [4.78, 5) is 17.8. The van der Waals surface area contributed by atoms with Gasteiger partial charge in [0.15, 0.2) is 0 Å². The standard InChI is InChI=1S/C16H20ClN5O/c1-10-12(8-20-21(10)2)13-7-19-9-14(17)15(13)22-5-3-11(4-6-22)16(18)23/h7-9,11H,3-6H2,1-2H3,(H2,18,23). The number of nitrogens with two attached hydrogens (primary N) is 1. The molecule has 0 bridgehead atoms. The summed E-state index contributed by atoms with van der Waals surface area (Å²) in [5, 5.41) is 4.92. The fourth-order valence-corrected chi connectivity index (χ4v) is 3.38. The quantitative estimate of drug-likeness (QED) is 0.933. The van der Waals surface area contributed by atoms with E-state index in [-0.39, 0.29) is 11.8 Å². The summed E-state index contributed by atoms with van der Waals surface area (Å²) in [6, 6.07) is 0. The number of hydrogen-bond donors (Lipinski definition) is 1. The van der Waals surface area contributed by atoms with Crippen LogP contribution in [0.25, 0.3) is 11.1 Å². The average molecular weight is 334 g/mol. The number of amides is 1. The highest BCUT2D eigenvalue weighted by Crippen LogP contribution is 2.38. The van der Waals surface area contributed by atoms with Gasteiger partial charge in [0, 0.05) is 55.3 Å². The van der Waals surface area contributed by atoms with Crippen LogP contribution < -0.4 is 10.6 Å². The molecule has 0 unspecified atom stereocenters. The smallest absolute Gasteiger partial charge is 0.220 e. The second-order valence-corrected chi connectivity index (χ2v) is 6.36. The van der Waals surface area contributed by atoms with Crippen molar-refractivity contribution < 1.29 is 4.79 Å². The van der Waals surface area contributed by atoms with Crippen LogP contribution in [0.4, 0.5) is 5.69 Å². The largest absolute Gasteiger partial charge is 0.370 e. The van der Waals surface area contributed by atoms with Crippen molar-refractivity contribution in [2.24, 2.45) is 18.7 Å². The summed E-state index contributed by atoms with van der Waals surface area (Å²) in [7, 11) is 1.91. The SMILES string of the molecule is Cc1c(-c2cncc(Cl)c2N2CCC(C(N)=O)CC2)cnn1C. The third-order valence-corrected chi connectivity index (χ3v) is 4.89. The van der Waals surface area contributed by atoms with Gasteiger partial charge in [0.1, 0.15) is 0 Å². The van der Waals surface area contributed by atoms with Gasteiger partial charge >= 0.3 is 0 Å². The Bertz CT molecular complexity index is 734. The lowest BCUT2D eigenvalue weighted by Gasteiger charge is -2.34. The number of hydrogen-bond acceptors (Lipinski definition) is 4. The molecule has 3 heterocycles. The number of aryl methyl sites for hydroxylation is 1. The van der Waals surface area contributed by atoms with E-state index in [9.17, 15) is 4.79 Å². The highest BCUT2D eigenvalue weighted by molar-refractivity contribution is 6.33. The number of nitrogens with zero attached hydrogens (tertiary/aromatic N) is 4. The Labute approximate surface area is 140 Å². The summed E-state index contributed by atoms with van der Waals surface area (Å²) < 4.78 is 1.83. The Balaban J connectivity index is 1.97. The zero-order valence-corrected chi connectivity index (χ0v) is 14.0. The Morgan fingerprint density at radius 2 is 1.96 bits per heavy atom. The number of primary amides is 1. The third kappa shape index (κ3) is 2.91. The highest BCUT2D eigenvalue weighted by Gasteiger charge is 2.26. The van der Waals surface area contributed by atoms with Gasteiger partial charge in [0.25, 0.3) is 0 Å². The van der Waals surface area contributed by atoms with Crippen LogP contribution >= 0.6 is 11.6 Å². The zero-order valence-electron chi connectivity index (χ0n) is 13.3. The fourth-order valence-electron chi connectivity index (χ4n) is 3.10. The van der Waals surface area contributed by atoms with E-state index < -0.39 is 0 Å². The first-order valence-corrected chi connectivity index (χ1v) is 8.03. The maximum Gasteiger partial charge on any atom is 0.220 e. The summed E-state index contributed by atoms with van der Waals surface area (Å²) in [6.07, 6.45) is 6.82. The van der Waals surface area contributed by atoms with Crippen molar-refractivity contribution in [1.29, 1.82) is 0 Å². The highest BCUT2D eigenvalue weighted by atomic mass is 35.5. The number of rotatable bonds is 3. The van der Waals surface area contributed by atoms with Crippen LogP contribution in [0, 0.1) is 12.8 Å². The van der Waals surface area contributed by atoms with E-state index in [1.807, 2.05) is 31.0 Å². The molecule has 3 rings (SSSR count). The second-order valence-electron chi connectivity index (χ2n) is 5.95. The van der Waals surface area contributed by atoms with Crippen LogP contribution in [0.5, 0.6) is 0 Å². The van der Waals surface area contributed by atoms with Crippen molar-refractivity contribution in [3.8, 4) is 11.1 Å². The van der Waals surface area contributed by atoms with E-state index in [0.29, 0.717) is 5.02 Å². The lowest BCUT2D eigenvalue weighted by Crippen LogP contribution is -2.38. The van der Waals surface area contributed by atoms with Gasteiger partial charge in [-0.05, 0) is 19.8 Å². The molecule has 0 saturated carbocycles. The van der Waals surface area contributed by atoms with Gasteiger partial charge in [0.05, 0.1) is 16.9 Å². The Morgan fingerprint density at radius 1 is 1.26 bits per heavy atom. The van der Waals surface area contributed by atoms with Crippen LogP contribution in [-0.4, -0.2) is 33.8 Å². The Morgan fingerprint density at radius 3 is 2.52 bits per heavy atom. The Hall–Kier alpha value is -2.08.